The zero-order valence-electron chi connectivity index (χ0n) is 16.7. The molecule has 1 fully saturated rings. The van der Waals surface area contributed by atoms with Crippen LogP contribution in [0, 0.1) is 5.92 Å². The van der Waals surface area contributed by atoms with E-state index in [9.17, 15) is 19.0 Å². The number of nitrogens with zero attached hydrogens (tertiary/aromatic N) is 2. The van der Waals surface area contributed by atoms with Gasteiger partial charge in [-0.3, -0.25) is 22.7 Å². The Labute approximate surface area is 168 Å². The summed E-state index contributed by atoms with van der Waals surface area (Å²) in [5, 5.41) is 10.3. The molecule has 1 heterocycles. The van der Waals surface area contributed by atoms with Crippen LogP contribution in [0.25, 0.3) is 0 Å². The summed E-state index contributed by atoms with van der Waals surface area (Å²) in [6, 6.07) is 1.15. The lowest BCUT2D eigenvalue weighted by Gasteiger charge is -2.23. The normalized spacial score (nSPS) is 26.3. The SMILES string of the molecule is COP(=O)(OCC1CC(n2ccc(N)nc2=O)CC1O)OP(=O)(OC)OC(C)C. The van der Waals surface area contributed by atoms with E-state index in [1.807, 2.05) is 0 Å². The Morgan fingerprint density at radius 3 is 2.48 bits per heavy atom. The van der Waals surface area contributed by atoms with Gasteiger partial charge < -0.3 is 10.8 Å². The Morgan fingerprint density at radius 2 is 1.93 bits per heavy atom. The Hall–Kier alpha value is -1.10. The highest BCUT2D eigenvalue weighted by Gasteiger charge is 2.42. The van der Waals surface area contributed by atoms with Crippen LogP contribution < -0.4 is 11.4 Å². The zero-order chi connectivity index (χ0) is 21.8. The molecule has 1 saturated carbocycles. The van der Waals surface area contributed by atoms with Gasteiger partial charge in [0.2, 0.25) is 0 Å². The van der Waals surface area contributed by atoms with Crippen molar-refractivity contribution in [3.05, 3.63) is 22.7 Å². The third kappa shape index (κ3) is 6.44. The van der Waals surface area contributed by atoms with Crippen LogP contribution in [0.2, 0.25) is 0 Å². The largest absolute Gasteiger partial charge is 0.483 e. The van der Waals surface area contributed by atoms with Crippen molar-refractivity contribution in [1.82, 2.24) is 9.55 Å². The molecular weight excluding hydrogens is 428 g/mol. The van der Waals surface area contributed by atoms with E-state index in [4.69, 9.17) is 28.1 Å². The third-order valence-corrected chi connectivity index (χ3v) is 7.95. The minimum Gasteiger partial charge on any atom is -0.393 e. The summed E-state index contributed by atoms with van der Waals surface area (Å²) >= 11 is 0. The maximum atomic E-state index is 12.7. The number of aliphatic hydroxyl groups excluding tert-OH is 1. The minimum atomic E-state index is -4.30. The fraction of sp³-hybridized carbons (Fsp3) is 0.733. The fourth-order valence-electron chi connectivity index (χ4n) is 2.96. The van der Waals surface area contributed by atoms with Gasteiger partial charge in [0.05, 0.1) is 18.8 Å². The average molecular weight is 455 g/mol. The summed E-state index contributed by atoms with van der Waals surface area (Å²) in [6.07, 6.45) is 0.754. The Kier molecular flexibility index (Phi) is 8.17. The highest BCUT2D eigenvalue weighted by atomic mass is 31.3. The van der Waals surface area contributed by atoms with E-state index in [2.05, 4.69) is 4.98 Å². The van der Waals surface area contributed by atoms with E-state index >= 15 is 0 Å². The van der Waals surface area contributed by atoms with Gasteiger partial charge in [-0.25, -0.2) is 13.9 Å². The van der Waals surface area contributed by atoms with Gasteiger partial charge in [-0.15, -0.1) is 0 Å². The molecule has 1 aliphatic rings. The molecule has 3 N–H and O–H groups in total. The first kappa shape index (κ1) is 24.2. The van der Waals surface area contributed by atoms with Crippen LogP contribution in [0.4, 0.5) is 5.82 Å². The van der Waals surface area contributed by atoms with Crippen LogP contribution >= 0.6 is 15.6 Å². The van der Waals surface area contributed by atoms with Gasteiger partial charge >= 0.3 is 21.3 Å². The topological polar surface area (TPSA) is 161 Å². The molecule has 0 saturated heterocycles. The fourth-order valence-corrected chi connectivity index (χ4v) is 5.89. The summed E-state index contributed by atoms with van der Waals surface area (Å²) in [6.45, 7) is 2.96. The number of phosphoric ester groups is 2. The molecule has 0 bridgehead atoms. The zero-order valence-corrected chi connectivity index (χ0v) is 18.5. The van der Waals surface area contributed by atoms with Crippen LogP contribution in [-0.4, -0.2) is 47.7 Å². The first-order chi connectivity index (χ1) is 13.5. The summed E-state index contributed by atoms with van der Waals surface area (Å²) in [5.41, 5.74) is 4.96. The first-order valence-electron chi connectivity index (χ1n) is 8.89. The highest BCUT2D eigenvalue weighted by molar-refractivity contribution is 7.62. The van der Waals surface area contributed by atoms with E-state index in [1.54, 1.807) is 13.8 Å². The molecule has 2 rings (SSSR count). The van der Waals surface area contributed by atoms with Gasteiger partial charge in [-0.1, -0.05) is 0 Å². The van der Waals surface area contributed by atoms with Crippen LogP contribution in [0.3, 0.4) is 0 Å². The lowest BCUT2D eigenvalue weighted by atomic mass is 10.1. The number of hydrogen-bond donors (Lipinski definition) is 2. The lowest BCUT2D eigenvalue weighted by Crippen LogP contribution is -2.26. The van der Waals surface area contributed by atoms with Crippen molar-refractivity contribution in [3.8, 4) is 0 Å². The van der Waals surface area contributed by atoms with E-state index < -0.39 is 39.5 Å². The standard InChI is InChI=1S/C15H27N3O9P2/c1-10(2)26-29(22,24-4)27-28(21,23-3)25-9-11-7-12(8-13(11)19)18-6-5-14(16)17-15(18)20/h5-6,10-13,19H,7-9H2,1-4H3,(H2,16,17,20). The molecule has 14 heteroatoms. The molecule has 1 aliphatic carbocycles. The second kappa shape index (κ2) is 9.80. The second-order valence-electron chi connectivity index (χ2n) is 6.79. The van der Waals surface area contributed by atoms with Crippen molar-refractivity contribution in [2.75, 3.05) is 26.6 Å². The van der Waals surface area contributed by atoms with Gasteiger partial charge in [-0.2, -0.15) is 9.29 Å². The molecule has 0 amide bonds. The van der Waals surface area contributed by atoms with Crippen LogP contribution in [0.5, 0.6) is 0 Å². The lowest BCUT2D eigenvalue weighted by molar-refractivity contribution is 0.0730. The molecule has 1 aromatic rings. The Morgan fingerprint density at radius 1 is 1.28 bits per heavy atom. The number of aliphatic hydroxyl groups is 1. The molecule has 0 aliphatic heterocycles. The second-order valence-corrected chi connectivity index (χ2v) is 10.4. The van der Waals surface area contributed by atoms with E-state index in [0.717, 1.165) is 14.2 Å². The number of hydrogen-bond acceptors (Lipinski definition) is 11. The predicted molar refractivity (Wildman–Crippen MR) is 103 cm³/mol. The summed E-state index contributed by atoms with van der Waals surface area (Å²) in [5.74, 6) is -0.376. The molecule has 166 valence electrons. The number of phosphoric acid groups is 2. The molecular formula is C15H27N3O9P2. The number of nitrogens with two attached hydrogens (primary N) is 1. The molecule has 5 unspecified atom stereocenters. The Bertz CT molecular complexity index is 847. The van der Waals surface area contributed by atoms with Crippen molar-refractivity contribution < 1.29 is 36.6 Å². The smallest absolute Gasteiger partial charge is 0.393 e. The number of rotatable bonds is 10. The third-order valence-electron chi connectivity index (χ3n) is 4.31. The molecule has 0 spiro atoms. The number of nitrogen functional groups attached to an aromatic ring is 1. The van der Waals surface area contributed by atoms with Crippen LogP contribution in [0.15, 0.2) is 17.1 Å². The van der Waals surface area contributed by atoms with E-state index in [0.29, 0.717) is 6.42 Å². The van der Waals surface area contributed by atoms with Crippen molar-refractivity contribution in [2.45, 2.75) is 44.9 Å². The van der Waals surface area contributed by atoms with Gasteiger partial charge in [0.1, 0.15) is 5.82 Å². The molecule has 0 aromatic carbocycles. The predicted octanol–water partition coefficient (Wildman–Crippen LogP) is 2.10. The molecule has 29 heavy (non-hydrogen) atoms. The van der Waals surface area contributed by atoms with Gasteiger partial charge in [0.15, 0.2) is 0 Å². The maximum absolute atomic E-state index is 12.7. The van der Waals surface area contributed by atoms with Gasteiger partial charge in [0.25, 0.3) is 0 Å². The molecule has 1 aromatic heterocycles. The highest BCUT2D eigenvalue weighted by Crippen LogP contribution is 2.66. The van der Waals surface area contributed by atoms with E-state index in [-0.39, 0.29) is 24.9 Å². The van der Waals surface area contributed by atoms with E-state index in [1.165, 1.54) is 16.8 Å². The first-order valence-corrected chi connectivity index (χ1v) is 11.8. The number of aromatic nitrogens is 2. The summed E-state index contributed by atoms with van der Waals surface area (Å²) in [4.78, 5) is 15.7. The van der Waals surface area contributed by atoms with Crippen LogP contribution in [-0.2, 0) is 31.5 Å². The van der Waals surface area contributed by atoms with Crippen molar-refractivity contribution >= 4 is 21.5 Å². The van der Waals surface area contributed by atoms with Gasteiger partial charge in [0, 0.05) is 32.4 Å². The average Bonchev–Trinajstić information content (AvgIpc) is 2.99. The monoisotopic (exact) mass is 455 g/mol. The molecule has 5 atom stereocenters. The molecule has 12 nitrogen and oxygen atoms in total. The maximum Gasteiger partial charge on any atom is 0.483 e. The summed E-state index contributed by atoms with van der Waals surface area (Å²) < 4.78 is 51.2. The number of anilines is 1. The van der Waals surface area contributed by atoms with Crippen LogP contribution in [0.1, 0.15) is 32.7 Å². The van der Waals surface area contributed by atoms with Crippen molar-refractivity contribution in [2.24, 2.45) is 5.92 Å². The quantitative estimate of drug-likeness (QED) is 0.497. The van der Waals surface area contributed by atoms with Crippen molar-refractivity contribution in [3.63, 3.8) is 0 Å². The van der Waals surface area contributed by atoms with Gasteiger partial charge in [-0.05, 0) is 32.8 Å². The minimum absolute atomic E-state index is 0.106. The van der Waals surface area contributed by atoms with Crippen molar-refractivity contribution in [1.29, 1.82) is 0 Å². The summed E-state index contributed by atoms with van der Waals surface area (Å²) in [7, 11) is -6.35. The molecule has 0 radical (unpaired) electrons. The Balaban J connectivity index is 2.04.